The van der Waals surface area contributed by atoms with Crippen LogP contribution in [-0.4, -0.2) is 41.9 Å². The average molecular weight is 578 g/mol. The smallest absolute Gasteiger partial charge is 0.267 e. The predicted molar refractivity (Wildman–Crippen MR) is 170 cm³/mol. The molecule has 0 aromatic carbocycles. The van der Waals surface area contributed by atoms with Gasteiger partial charge in [0.15, 0.2) is 0 Å². The van der Waals surface area contributed by atoms with Crippen molar-refractivity contribution in [1.82, 2.24) is 5.32 Å². The van der Waals surface area contributed by atoms with Crippen molar-refractivity contribution in [3.8, 4) is 0 Å². The molecule has 0 aliphatic rings. The standard InChI is InChI=1S/C33H55NO5S/c1-3-5-7-9-11-13-15-16-17-18-19-21-23-25-27-29-33(36)34-31(30-40(37,38)39)32(35)28-26-24-22-20-14-12-10-8-6-4-2/h5-8,11,13-14,16-17,20,26,28,31-32,35H,3-4,9-10,12,15,18-19,21-25,27,29-30H2,1-2H3,(H,34,36)(H,37,38,39)/b7-5-,8-6+,13-11-,17-16-,20-14+,28-26+. The number of nitrogens with one attached hydrogen (secondary N) is 1. The summed E-state index contributed by atoms with van der Waals surface area (Å²) in [6.07, 6.45) is 37.5. The summed E-state index contributed by atoms with van der Waals surface area (Å²) in [7, 11) is -4.35. The minimum absolute atomic E-state index is 0.260. The summed E-state index contributed by atoms with van der Waals surface area (Å²) in [5.74, 6) is -1.04. The Labute approximate surface area is 244 Å². The number of rotatable bonds is 25. The van der Waals surface area contributed by atoms with Crippen LogP contribution in [0, 0.1) is 0 Å². The highest BCUT2D eigenvalue weighted by molar-refractivity contribution is 7.85. The molecule has 1 amide bonds. The van der Waals surface area contributed by atoms with Crippen LogP contribution in [-0.2, 0) is 14.9 Å². The summed E-state index contributed by atoms with van der Waals surface area (Å²) in [6, 6.07) is -1.09. The first kappa shape index (κ1) is 37.8. The van der Waals surface area contributed by atoms with Crippen LogP contribution in [0.15, 0.2) is 72.9 Å². The minimum atomic E-state index is -4.35. The number of unbranched alkanes of at least 4 members (excludes halogenated alkanes) is 7. The van der Waals surface area contributed by atoms with Crippen molar-refractivity contribution in [3.05, 3.63) is 72.9 Å². The number of hydrogen-bond donors (Lipinski definition) is 3. The van der Waals surface area contributed by atoms with Crippen molar-refractivity contribution in [3.63, 3.8) is 0 Å². The summed E-state index contributed by atoms with van der Waals surface area (Å²) < 4.78 is 32.1. The van der Waals surface area contributed by atoms with Gasteiger partial charge in [-0.1, -0.05) is 106 Å². The zero-order valence-corrected chi connectivity index (χ0v) is 25.7. The van der Waals surface area contributed by atoms with Gasteiger partial charge in [0.05, 0.1) is 17.9 Å². The van der Waals surface area contributed by atoms with Gasteiger partial charge < -0.3 is 10.4 Å². The maximum Gasteiger partial charge on any atom is 0.267 e. The van der Waals surface area contributed by atoms with Gasteiger partial charge >= 0.3 is 0 Å². The molecule has 2 unspecified atom stereocenters. The molecule has 40 heavy (non-hydrogen) atoms. The number of allylic oxidation sites excluding steroid dienone is 11. The van der Waals surface area contributed by atoms with E-state index in [1.54, 1.807) is 6.08 Å². The van der Waals surface area contributed by atoms with Gasteiger partial charge in [0.25, 0.3) is 10.1 Å². The lowest BCUT2D eigenvalue weighted by Crippen LogP contribution is -2.46. The zero-order valence-electron chi connectivity index (χ0n) is 24.9. The van der Waals surface area contributed by atoms with Crippen molar-refractivity contribution in [1.29, 1.82) is 0 Å². The average Bonchev–Trinajstić information content (AvgIpc) is 2.90. The molecule has 0 radical (unpaired) electrons. The molecule has 0 aromatic heterocycles. The van der Waals surface area contributed by atoms with Crippen molar-refractivity contribution < 1.29 is 22.9 Å². The van der Waals surface area contributed by atoms with Crippen LogP contribution < -0.4 is 5.32 Å². The normalized spacial score (nSPS) is 14.6. The van der Waals surface area contributed by atoms with Crippen LogP contribution in [0.4, 0.5) is 0 Å². The van der Waals surface area contributed by atoms with Crippen LogP contribution in [0.5, 0.6) is 0 Å². The van der Waals surface area contributed by atoms with Crippen LogP contribution >= 0.6 is 0 Å². The molecular weight excluding hydrogens is 522 g/mol. The van der Waals surface area contributed by atoms with Gasteiger partial charge in [0, 0.05) is 6.42 Å². The third kappa shape index (κ3) is 27.4. The second kappa shape index (κ2) is 27.0. The first-order chi connectivity index (χ1) is 19.3. The maximum absolute atomic E-state index is 12.4. The number of aliphatic hydroxyl groups excluding tert-OH is 1. The molecule has 0 fully saturated rings. The molecule has 2 atom stereocenters. The van der Waals surface area contributed by atoms with Crippen molar-refractivity contribution in [2.75, 3.05) is 5.75 Å². The van der Waals surface area contributed by atoms with Crippen LogP contribution in [0.1, 0.15) is 110 Å². The van der Waals surface area contributed by atoms with Crippen LogP contribution in [0.2, 0.25) is 0 Å². The van der Waals surface area contributed by atoms with Gasteiger partial charge in [0.2, 0.25) is 5.91 Å². The molecule has 0 heterocycles. The first-order valence-electron chi connectivity index (χ1n) is 15.1. The number of hydrogen-bond acceptors (Lipinski definition) is 4. The van der Waals surface area contributed by atoms with E-state index < -0.39 is 28.0 Å². The Hall–Kier alpha value is -2.22. The zero-order chi connectivity index (χ0) is 29.7. The Balaban J connectivity index is 4.19. The lowest BCUT2D eigenvalue weighted by Gasteiger charge is -2.21. The lowest BCUT2D eigenvalue weighted by atomic mass is 10.1. The Morgan fingerprint density at radius 2 is 1.15 bits per heavy atom. The van der Waals surface area contributed by atoms with E-state index in [9.17, 15) is 22.9 Å². The van der Waals surface area contributed by atoms with Crippen molar-refractivity contribution in [2.24, 2.45) is 0 Å². The quantitative estimate of drug-likeness (QED) is 0.0580. The summed E-state index contributed by atoms with van der Waals surface area (Å²) in [4.78, 5) is 12.4. The summed E-state index contributed by atoms with van der Waals surface area (Å²) in [6.45, 7) is 4.24. The molecule has 6 nitrogen and oxygen atoms in total. The van der Waals surface area contributed by atoms with Gasteiger partial charge in [-0.3, -0.25) is 9.35 Å². The summed E-state index contributed by atoms with van der Waals surface area (Å²) >= 11 is 0. The molecule has 0 saturated carbocycles. The first-order valence-corrected chi connectivity index (χ1v) is 16.7. The van der Waals surface area contributed by atoms with E-state index in [0.29, 0.717) is 12.8 Å². The van der Waals surface area contributed by atoms with Crippen molar-refractivity contribution >= 4 is 16.0 Å². The Morgan fingerprint density at radius 3 is 1.77 bits per heavy atom. The Morgan fingerprint density at radius 1 is 0.675 bits per heavy atom. The SMILES string of the molecule is CC/C=C\C/C=C\C/C=C\CCCCCCCC(=O)NC(CS(=O)(=O)O)C(O)/C=C/CC/C=C/CC/C=C/CC. The van der Waals surface area contributed by atoms with E-state index in [0.717, 1.165) is 77.0 Å². The monoisotopic (exact) mass is 577 g/mol. The Kier molecular flexibility index (Phi) is 25.5. The molecule has 0 saturated heterocycles. The van der Waals surface area contributed by atoms with E-state index in [1.807, 2.05) is 0 Å². The van der Waals surface area contributed by atoms with E-state index in [1.165, 1.54) is 6.08 Å². The molecular formula is C33H55NO5S. The third-order valence-electron chi connectivity index (χ3n) is 6.11. The highest BCUT2D eigenvalue weighted by Gasteiger charge is 2.24. The molecule has 0 bridgehead atoms. The molecule has 7 heteroatoms. The van der Waals surface area contributed by atoms with Gasteiger partial charge in [-0.25, -0.2) is 0 Å². The van der Waals surface area contributed by atoms with Gasteiger partial charge in [0.1, 0.15) is 0 Å². The maximum atomic E-state index is 12.4. The fraction of sp³-hybridized carbons (Fsp3) is 0.606. The lowest BCUT2D eigenvalue weighted by molar-refractivity contribution is -0.122. The van der Waals surface area contributed by atoms with Crippen LogP contribution in [0.25, 0.3) is 0 Å². The third-order valence-corrected chi connectivity index (χ3v) is 6.89. The van der Waals surface area contributed by atoms with E-state index in [4.69, 9.17) is 0 Å². The second-order valence-electron chi connectivity index (χ2n) is 9.95. The molecule has 0 spiro atoms. The topological polar surface area (TPSA) is 104 Å². The van der Waals surface area contributed by atoms with Gasteiger partial charge in [-0.05, 0) is 70.6 Å². The molecule has 3 N–H and O–H groups in total. The van der Waals surface area contributed by atoms with E-state index in [-0.39, 0.29) is 12.3 Å². The van der Waals surface area contributed by atoms with E-state index >= 15 is 0 Å². The summed E-state index contributed by atoms with van der Waals surface area (Å²) in [5.41, 5.74) is 0. The van der Waals surface area contributed by atoms with Crippen molar-refractivity contribution in [2.45, 2.75) is 122 Å². The summed E-state index contributed by atoms with van der Waals surface area (Å²) in [5, 5.41) is 13.0. The van der Waals surface area contributed by atoms with Gasteiger partial charge in [-0.2, -0.15) is 8.42 Å². The molecule has 228 valence electrons. The fourth-order valence-corrected chi connectivity index (χ4v) is 4.65. The number of carbonyl (C=O) groups is 1. The minimum Gasteiger partial charge on any atom is -0.387 e. The molecule has 0 aromatic rings. The highest BCUT2D eigenvalue weighted by Crippen LogP contribution is 2.09. The Bertz CT molecular complexity index is 900. The number of amides is 1. The number of aliphatic hydroxyl groups is 1. The molecule has 0 rings (SSSR count). The molecule has 0 aliphatic carbocycles. The predicted octanol–water partition coefficient (Wildman–Crippen LogP) is 7.95. The van der Waals surface area contributed by atoms with Gasteiger partial charge in [-0.15, -0.1) is 0 Å². The molecule has 0 aliphatic heterocycles. The fourth-order valence-electron chi connectivity index (χ4n) is 3.91. The number of carbonyl (C=O) groups excluding carboxylic acids is 1. The van der Waals surface area contributed by atoms with Crippen LogP contribution in [0.3, 0.4) is 0 Å². The highest BCUT2D eigenvalue weighted by atomic mass is 32.2. The second-order valence-corrected chi connectivity index (χ2v) is 11.4. The van der Waals surface area contributed by atoms with E-state index in [2.05, 4.69) is 79.9 Å². The largest absolute Gasteiger partial charge is 0.387 e.